The molecular formula is C34H33Cl2FN4O6S. The summed E-state index contributed by atoms with van der Waals surface area (Å²) in [6, 6.07) is 7.87. The van der Waals surface area contributed by atoms with E-state index in [2.05, 4.69) is 20.4 Å². The van der Waals surface area contributed by atoms with Gasteiger partial charge in [0.15, 0.2) is 16.7 Å². The van der Waals surface area contributed by atoms with Crippen LogP contribution >= 0.6 is 34.5 Å². The van der Waals surface area contributed by atoms with Gasteiger partial charge in [-0.2, -0.15) is 0 Å². The summed E-state index contributed by atoms with van der Waals surface area (Å²) in [5, 5.41) is 8.09. The van der Waals surface area contributed by atoms with Gasteiger partial charge in [-0.25, -0.2) is 14.2 Å². The largest absolute Gasteiger partial charge is 0.459 e. The van der Waals surface area contributed by atoms with Crippen molar-refractivity contribution in [3.05, 3.63) is 63.1 Å². The summed E-state index contributed by atoms with van der Waals surface area (Å²) in [5.74, 6) is -1.70. The average Bonchev–Trinajstić information content (AvgIpc) is 3.51. The molecule has 2 bridgehead atoms. The lowest BCUT2D eigenvalue weighted by Gasteiger charge is -2.38. The van der Waals surface area contributed by atoms with Crippen LogP contribution in [0.5, 0.6) is 0 Å². The van der Waals surface area contributed by atoms with E-state index in [0.29, 0.717) is 44.0 Å². The number of halogens is 3. The molecule has 4 heterocycles. The second kappa shape index (κ2) is 12.6. The van der Waals surface area contributed by atoms with Gasteiger partial charge < -0.3 is 24.2 Å². The van der Waals surface area contributed by atoms with Gasteiger partial charge in [-0.05, 0) is 70.7 Å². The van der Waals surface area contributed by atoms with Gasteiger partial charge in [0, 0.05) is 42.0 Å². The van der Waals surface area contributed by atoms with E-state index in [1.807, 2.05) is 0 Å². The van der Waals surface area contributed by atoms with Gasteiger partial charge in [-0.15, -0.1) is 0 Å². The molecule has 0 spiro atoms. The minimum atomic E-state index is -0.687. The maximum Gasteiger partial charge on any atom is 0.344 e. The van der Waals surface area contributed by atoms with Crippen molar-refractivity contribution in [2.24, 2.45) is 0 Å². The minimum absolute atomic E-state index is 0.0321. The Kier molecular flexibility index (Phi) is 8.62. The van der Waals surface area contributed by atoms with Crippen molar-refractivity contribution in [2.45, 2.75) is 89.0 Å². The Morgan fingerprint density at radius 1 is 1.08 bits per heavy atom. The number of esters is 2. The van der Waals surface area contributed by atoms with Crippen LogP contribution in [0.3, 0.4) is 0 Å². The Bertz CT molecular complexity index is 1900. The van der Waals surface area contributed by atoms with E-state index in [-0.39, 0.29) is 53.0 Å². The molecule has 1 saturated carbocycles. The van der Waals surface area contributed by atoms with Gasteiger partial charge >= 0.3 is 11.9 Å². The van der Waals surface area contributed by atoms with Crippen LogP contribution in [0.25, 0.3) is 21.5 Å². The highest BCUT2D eigenvalue weighted by atomic mass is 35.5. The first-order chi connectivity index (χ1) is 22.9. The Hall–Kier alpha value is -3.74. The summed E-state index contributed by atoms with van der Waals surface area (Å²) in [6.45, 7) is 4.87. The second-order valence-electron chi connectivity index (χ2n) is 13.5. The summed E-state index contributed by atoms with van der Waals surface area (Å²) in [5.41, 5.74) is 0.571. The third-order valence-corrected chi connectivity index (χ3v) is 10.4. The van der Waals surface area contributed by atoms with E-state index in [4.69, 9.17) is 37.2 Å². The number of hydrogen-bond acceptors (Lipinski definition) is 10. The van der Waals surface area contributed by atoms with Crippen molar-refractivity contribution in [2.75, 3.05) is 11.4 Å². The number of rotatable bonds is 8. The number of amides is 1. The highest BCUT2D eigenvalue weighted by Gasteiger charge is 2.45. The quantitative estimate of drug-likeness (QED) is 0.183. The zero-order valence-corrected chi connectivity index (χ0v) is 28.8. The number of ether oxygens (including phenoxy) is 2. The first kappa shape index (κ1) is 32.8. The number of anilines is 1. The first-order valence-corrected chi connectivity index (χ1v) is 17.5. The van der Waals surface area contributed by atoms with Gasteiger partial charge in [0.25, 0.3) is 5.91 Å². The first-order valence-electron chi connectivity index (χ1n) is 15.9. The van der Waals surface area contributed by atoms with Crippen LogP contribution in [0.15, 0.2) is 34.9 Å². The number of aromatic nitrogens is 2. The molecule has 2 saturated heterocycles. The molecule has 2 aromatic heterocycles. The molecule has 3 aliphatic rings. The van der Waals surface area contributed by atoms with E-state index in [0.717, 1.165) is 31.7 Å². The van der Waals surface area contributed by atoms with E-state index in [1.54, 1.807) is 45.0 Å². The van der Waals surface area contributed by atoms with E-state index < -0.39 is 29.3 Å². The highest BCUT2D eigenvalue weighted by molar-refractivity contribution is 7.22. The molecule has 1 amide bonds. The lowest BCUT2D eigenvalue weighted by Crippen LogP contribution is -2.46. The molecule has 3 fully saturated rings. The maximum absolute atomic E-state index is 15.2. The predicted octanol–water partition coefficient (Wildman–Crippen LogP) is 7.70. The van der Waals surface area contributed by atoms with Crippen molar-refractivity contribution in [3.8, 4) is 11.3 Å². The molecule has 2 unspecified atom stereocenters. The van der Waals surface area contributed by atoms with Crippen LogP contribution in [0.1, 0.15) is 91.7 Å². The second-order valence-corrected chi connectivity index (χ2v) is 15.3. The molecule has 2 atom stereocenters. The Morgan fingerprint density at radius 3 is 2.42 bits per heavy atom. The normalized spacial score (nSPS) is 20.6. The topological polar surface area (TPSA) is 124 Å². The molecule has 10 nitrogen and oxygen atoms in total. The number of nitrogens with zero attached hydrogens (tertiary/aromatic N) is 3. The Labute approximate surface area is 289 Å². The highest BCUT2D eigenvalue weighted by Crippen LogP contribution is 2.47. The summed E-state index contributed by atoms with van der Waals surface area (Å²) in [7, 11) is 0. The van der Waals surface area contributed by atoms with E-state index >= 15 is 4.39 Å². The molecular weight excluding hydrogens is 682 g/mol. The van der Waals surface area contributed by atoms with Crippen LogP contribution in [0.4, 0.5) is 9.52 Å². The van der Waals surface area contributed by atoms with Gasteiger partial charge in [0.1, 0.15) is 35.0 Å². The summed E-state index contributed by atoms with van der Waals surface area (Å²) >= 11 is 14.3. The summed E-state index contributed by atoms with van der Waals surface area (Å²) in [4.78, 5) is 45.4. The lowest BCUT2D eigenvalue weighted by molar-refractivity contribution is -0.153. The standard InChI is InChI=1S/C34H33Cl2FN4O6S/c1-34(2,3)46-25(42)15-38-31(43)17-11-23(37)28-24(12-17)48-33(39-28)41-18-9-10-19(41)14-20(13-18)45-32(44)27-29(40-47-30(27)16-7-8-16)26-21(35)5-4-6-22(26)36/h4-6,11-12,16,18-20H,7-10,13-15H2,1-3H3,(H,38,43). The smallest absolute Gasteiger partial charge is 0.344 e. The third kappa shape index (κ3) is 6.49. The molecule has 0 radical (unpaired) electrons. The van der Waals surface area contributed by atoms with Crippen LogP contribution in [-0.4, -0.2) is 58.3 Å². The predicted molar refractivity (Wildman–Crippen MR) is 179 cm³/mol. The number of nitrogens with one attached hydrogen (secondary N) is 1. The molecule has 2 aromatic carbocycles. The van der Waals surface area contributed by atoms with Gasteiger partial charge in [0.05, 0.1) is 14.7 Å². The fourth-order valence-electron chi connectivity index (χ4n) is 6.62. The molecule has 1 aliphatic carbocycles. The van der Waals surface area contributed by atoms with E-state index in [9.17, 15) is 14.4 Å². The molecule has 48 heavy (non-hydrogen) atoms. The molecule has 252 valence electrons. The summed E-state index contributed by atoms with van der Waals surface area (Å²) in [6.07, 6.45) is 4.33. The van der Waals surface area contributed by atoms with Gasteiger partial charge in [0.2, 0.25) is 0 Å². The zero-order chi connectivity index (χ0) is 33.9. The van der Waals surface area contributed by atoms with Crippen molar-refractivity contribution in [1.82, 2.24) is 15.5 Å². The van der Waals surface area contributed by atoms with Crippen LogP contribution in [0.2, 0.25) is 10.0 Å². The molecule has 2 aliphatic heterocycles. The number of piperidine rings is 1. The summed E-state index contributed by atoms with van der Waals surface area (Å²) < 4.78 is 32.8. The van der Waals surface area contributed by atoms with Crippen LogP contribution in [-0.2, 0) is 14.3 Å². The number of benzene rings is 2. The minimum Gasteiger partial charge on any atom is -0.459 e. The number of carbonyl (C=O) groups excluding carboxylic acids is 3. The number of hydrogen-bond donors (Lipinski definition) is 1. The fraction of sp³-hybridized carbons (Fsp3) is 0.441. The monoisotopic (exact) mass is 714 g/mol. The van der Waals surface area contributed by atoms with Crippen molar-refractivity contribution in [1.29, 1.82) is 0 Å². The molecule has 1 N–H and O–H groups in total. The SMILES string of the molecule is CC(C)(C)OC(=O)CNC(=O)c1cc(F)c2nc(N3C4CCC3CC(OC(=O)c3c(-c5c(Cl)cccc5Cl)noc3C3CC3)C4)sc2c1. The molecule has 14 heteroatoms. The van der Waals surface area contributed by atoms with Crippen LogP contribution in [0, 0.1) is 5.82 Å². The Balaban J connectivity index is 1.06. The van der Waals surface area contributed by atoms with Crippen molar-refractivity contribution < 1.29 is 32.8 Å². The van der Waals surface area contributed by atoms with Crippen molar-refractivity contribution >= 4 is 67.7 Å². The molecule has 7 rings (SSSR count). The fourth-order valence-corrected chi connectivity index (χ4v) is 8.35. The average molecular weight is 716 g/mol. The number of fused-ring (bicyclic) bond motifs is 3. The zero-order valence-electron chi connectivity index (χ0n) is 26.5. The van der Waals surface area contributed by atoms with Gasteiger partial charge in [-0.3, -0.25) is 9.59 Å². The van der Waals surface area contributed by atoms with E-state index in [1.165, 1.54) is 11.3 Å². The maximum atomic E-state index is 15.2. The number of thiazole rings is 1. The van der Waals surface area contributed by atoms with Crippen molar-refractivity contribution in [3.63, 3.8) is 0 Å². The van der Waals surface area contributed by atoms with Gasteiger partial charge in [-0.1, -0.05) is 45.8 Å². The van der Waals surface area contributed by atoms with Crippen LogP contribution < -0.4 is 10.2 Å². The third-order valence-electron chi connectivity index (χ3n) is 8.77. The molecule has 4 aromatic rings. The Morgan fingerprint density at radius 2 is 1.77 bits per heavy atom. The number of carbonyl (C=O) groups is 3. The lowest BCUT2D eigenvalue weighted by atomic mass is 9.99.